The van der Waals surface area contributed by atoms with Crippen molar-refractivity contribution in [3.63, 3.8) is 0 Å². The van der Waals surface area contributed by atoms with Gasteiger partial charge in [-0.15, -0.1) is 24.8 Å². The molecule has 1 aromatic heterocycles. The average Bonchev–Trinajstić information content (AvgIpc) is 2.45. The zero-order valence-corrected chi connectivity index (χ0v) is 17.1. The van der Waals surface area contributed by atoms with Crippen LogP contribution in [0.4, 0.5) is 5.82 Å². The quantitative estimate of drug-likeness (QED) is 0.801. The Balaban J connectivity index is 0.00000264. The number of halogens is 4. The van der Waals surface area contributed by atoms with Crippen LogP contribution in [0.15, 0.2) is 12.3 Å². The topological polar surface area (TPSA) is 62.5 Å². The highest BCUT2D eigenvalue weighted by molar-refractivity contribution is 6.36. The summed E-state index contributed by atoms with van der Waals surface area (Å²) in [7, 11) is 0. The lowest BCUT2D eigenvalue weighted by Crippen LogP contribution is -2.56. The molecular weight excluding hydrogens is 394 g/mol. The summed E-state index contributed by atoms with van der Waals surface area (Å²) in [5, 5.41) is 1.04. The molecule has 24 heavy (non-hydrogen) atoms. The van der Waals surface area contributed by atoms with E-state index in [1.165, 1.54) is 0 Å². The second-order valence-electron chi connectivity index (χ2n) is 6.61. The number of pyridine rings is 1. The van der Waals surface area contributed by atoms with Crippen LogP contribution in [-0.2, 0) is 4.79 Å². The summed E-state index contributed by atoms with van der Waals surface area (Å²) in [5.41, 5.74) is 5.82. The molecule has 1 fully saturated rings. The van der Waals surface area contributed by atoms with Gasteiger partial charge < -0.3 is 15.5 Å². The molecule has 1 atom stereocenters. The first kappa shape index (κ1) is 23.5. The van der Waals surface area contributed by atoms with Gasteiger partial charge in [-0.1, -0.05) is 44.0 Å². The third-order valence-corrected chi connectivity index (χ3v) is 4.36. The normalized spacial score (nSPS) is 16.1. The zero-order valence-electron chi connectivity index (χ0n) is 14.0. The largest absolute Gasteiger partial charge is 0.352 e. The van der Waals surface area contributed by atoms with E-state index in [1.54, 1.807) is 12.3 Å². The minimum absolute atomic E-state index is 0. The molecule has 2 N–H and O–H groups in total. The van der Waals surface area contributed by atoms with Crippen LogP contribution in [-0.4, -0.2) is 48.0 Å². The molecule has 0 saturated carbocycles. The highest BCUT2D eigenvalue weighted by atomic mass is 35.5. The molecule has 1 amide bonds. The van der Waals surface area contributed by atoms with Gasteiger partial charge in [-0.2, -0.15) is 0 Å². The Morgan fingerprint density at radius 1 is 1.21 bits per heavy atom. The van der Waals surface area contributed by atoms with E-state index in [-0.39, 0.29) is 36.1 Å². The highest BCUT2D eigenvalue weighted by Gasteiger charge is 2.32. The van der Waals surface area contributed by atoms with Gasteiger partial charge in [-0.05, 0) is 11.5 Å². The predicted octanol–water partition coefficient (Wildman–Crippen LogP) is 3.25. The molecular formula is C15H24Cl4N4O. The van der Waals surface area contributed by atoms with Crippen LogP contribution in [0.25, 0.3) is 0 Å². The molecule has 5 nitrogen and oxygen atoms in total. The van der Waals surface area contributed by atoms with Gasteiger partial charge >= 0.3 is 0 Å². The van der Waals surface area contributed by atoms with Gasteiger partial charge in [0, 0.05) is 32.4 Å². The molecule has 0 unspecified atom stereocenters. The van der Waals surface area contributed by atoms with Crippen molar-refractivity contribution in [2.24, 2.45) is 11.1 Å². The maximum atomic E-state index is 12.4. The molecule has 2 heterocycles. The Bertz CT molecular complexity index is 557. The fourth-order valence-corrected chi connectivity index (χ4v) is 2.85. The van der Waals surface area contributed by atoms with Crippen LogP contribution in [0.2, 0.25) is 10.0 Å². The second kappa shape index (κ2) is 9.30. The molecule has 0 aromatic carbocycles. The van der Waals surface area contributed by atoms with Crippen LogP contribution in [0.5, 0.6) is 0 Å². The lowest BCUT2D eigenvalue weighted by atomic mass is 9.86. The number of amides is 1. The summed E-state index contributed by atoms with van der Waals surface area (Å²) < 4.78 is 0. The molecule has 0 bridgehead atoms. The van der Waals surface area contributed by atoms with Crippen LogP contribution in [0.3, 0.4) is 0 Å². The van der Waals surface area contributed by atoms with E-state index in [2.05, 4.69) is 9.88 Å². The molecule has 1 aromatic rings. The number of rotatable bonds is 2. The molecule has 1 aliphatic rings. The molecule has 9 heteroatoms. The van der Waals surface area contributed by atoms with Crippen LogP contribution in [0, 0.1) is 5.41 Å². The van der Waals surface area contributed by atoms with Gasteiger partial charge in [-0.25, -0.2) is 4.98 Å². The van der Waals surface area contributed by atoms with Crippen molar-refractivity contribution in [1.29, 1.82) is 0 Å². The highest BCUT2D eigenvalue weighted by Crippen LogP contribution is 2.27. The first-order valence-corrected chi connectivity index (χ1v) is 8.06. The van der Waals surface area contributed by atoms with Crippen molar-refractivity contribution in [3.05, 3.63) is 22.3 Å². The van der Waals surface area contributed by atoms with Crippen molar-refractivity contribution in [2.45, 2.75) is 26.8 Å². The van der Waals surface area contributed by atoms with E-state index < -0.39 is 6.04 Å². The third-order valence-electron chi connectivity index (χ3n) is 3.88. The van der Waals surface area contributed by atoms with E-state index in [9.17, 15) is 4.79 Å². The molecule has 138 valence electrons. The number of piperazine rings is 1. The first-order chi connectivity index (χ1) is 10.2. The minimum atomic E-state index is -0.490. The molecule has 0 aliphatic carbocycles. The lowest BCUT2D eigenvalue weighted by Gasteiger charge is -2.38. The lowest BCUT2D eigenvalue weighted by molar-refractivity contribution is -0.135. The van der Waals surface area contributed by atoms with Gasteiger partial charge in [-0.3, -0.25) is 4.79 Å². The van der Waals surface area contributed by atoms with E-state index in [4.69, 9.17) is 28.9 Å². The maximum Gasteiger partial charge on any atom is 0.240 e. The number of anilines is 1. The fraction of sp³-hybridized carbons (Fsp3) is 0.600. The van der Waals surface area contributed by atoms with Crippen LogP contribution >= 0.6 is 48.0 Å². The monoisotopic (exact) mass is 416 g/mol. The third kappa shape index (κ3) is 5.53. The van der Waals surface area contributed by atoms with Gasteiger partial charge in [0.25, 0.3) is 0 Å². The van der Waals surface area contributed by atoms with E-state index >= 15 is 0 Å². The van der Waals surface area contributed by atoms with Gasteiger partial charge in [0.1, 0.15) is 5.82 Å². The molecule has 0 radical (unpaired) electrons. The number of nitrogens with zero attached hydrogens (tertiary/aromatic N) is 3. The molecule has 1 saturated heterocycles. The van der Waals surface area contributed by atoms with Crippen molar-refractivity contribution < 1.29 is 4.79 Å². The zero-order chi connectivity index (χ0) is 16.5. The Kier molecular flexibility index (Phi) is 9.12. The molecule has 2 rings (SSSR count). The van der Waals surface area contributed by atoms with Crippen molar-refractivity contribution >= 4 is 59.7 Å². The van der Waals surface area contributed by atoms with Crippen LogP contribution in [0.1, 0.15) is 20.8 Å². The summed E-state index contributed by atoms with van der Waals surface area (Å²) in [6.45, 7) is 8.51. The van der Waals surface area contributed by atoms with Crippen LogP contribution < -0.4 is 10.6 Å². The summed E-state index contributed by atoms with van der Waals surface area (Å²) in [4.78, 5) is 20.6. The predicted molar refractivity (Wildman–Crippen MR) is 105 cm³/mol. The maximum absolute atomic E-state index is 12.4. The Morgan fingerprint density at radius 2 is 1.75 bits per heavy atom. The van der Waals surface area contributed by atoms with Gasteiger partial charge in [0.05, 0.1) is 16.1 Å². The van der Waals surface area contributed by atoms with Crippen molar-refractivity contribution in [1.82, 2.24) is 9.88 Å². The number of nitrogens with two attached hydrogens (primary N) is 1. The Morgan fingerprint density at radius 3 is 2.21 bits per heavy atom. The summed E-state index contributed by atoms with van der Waals surface area (Å²) in [6.07, 6.45) is 1.58. The average molecular weight is 418 g/mol. The van der Waals surface area contributed by atoms with E-state index in [0.29, 0.717) is 42.0 Å². The van der Waals surface area contributed by atoms with E-state index in [1.807, 2.05) is 25.7 Å². The van der Waals surface area contributed by atoms with Crippen molar-refractivity contribution in [2.75, 3.05) is 31.1 Å². The van der Waals surface area contributed by atoms with Gasteiger partial charge in [0.15, 0.2) is 0 Å². The van der Waals surface area contributed by atoms with Crippen molar-refractivity contribution in [3.8, 4) is 0 Å². The summed E-state index contributed by atoms with van der Waals surface area (Å²) in [6, 6.07) is 1.19. The Labute approximate surface area is 165 Å². The second-order valence-corrected chi connectivity index (χ2v) is 7.46. The first-order valence-electron chi connectivity index (χ1n) is 7.30. The van der Waals surface area contributed by atoms with Gasteiger partial charge in [0.2, 0.25) is 5.91 Å². The SMILES string of the molecule is CC(C)(C)[C@H](N)C(=O)N1CCN(c2ncc(Cl)cc2Cl)CC1.Cl.Cl. The molecule has 1 aliphatic heterocycles. The number of hydrogen-bond donors (Lipinski definition) is 1. The van der Waals surface area contributed by atoms with E-state index in [0.717, 1.165) is 0 Å². The molecule has 0 spiro atoms. The smallest absolute Gasteiger partial charge is 0.240 e. The summed E-state index contributed by atoms with van der Waals surface area (Å²) >= 11 is 12.0. The standard InChI is InChI=1S/C15H22Cl2N4O.2ClH/c1-15(2,3)12(18)14(22)21-6-4-20(5-7-21)13-11(17)8-10(16)9-19-13;;/h8-9,12H,4-7,18H2,1-3H3;2*1H/t12-;;/m1../s1. The number of carbonyl (C=O) groups excluding carboxylic acids is 1. The summed E-state index contributed by atoms with van der Waals surface area (Å²) in [5.74, 6) is 0.709. The fourth-order valence-electron chi connectivity index (χ4n) is 2.35. The minimum Gasteiger partial charge on any atom is -0.352 e. The Hall–Kier alpha value is -0.460. The number of hydrogen-bond acceptors (Lipinski definition) is 4. The number of carbonyl (C=O) groups is 1. The number of aromatic nitrogens is 1.